The molecule has 3 rings (SSSR count). The first kappa shape index (κ1) is 19.2. The molecule has 0 aliphatic carbocycles. The molecule has 1 heterocycles. The van der Waals surface area contributed by atoms with Gasteiger partial charge < -0.3 is 9.47 Å². The summed E-state index contributed by atoms with van der Waals surface area (Å²) in [5, 5.41) is 9.23. The van der Waals surface area contributed by atoms with Crippen LogP contribution >= 0.6 is 0 Å². The highest BCUT2D eigenvalue weighted by Crippen LogP contribution is 2.34. The van der Waals surface area contributed by atoms with Gasteiger partial charge >= 0.3 is 0 Å². The molecular weight excluding hydrogens is 364 g/mol. The molecule has 0 saturated carbocycles. The monoisotopic (exact) mass is 386 g/mol. The molecule has 6 nitrogen and oxygen atoms in total. The maximum Gasteiger partial charge on any atom is 0.242 e. The second kappa shape index (κ2) is 7.99. The number of nitrogens with zero attached hydrogens (tertiary/aromatic N) is 1. The third kappa shape index (κ3) is 4.24. The zero-order valence-corrected chi connectivity index (χ0v) is 16.1. The topological polar surface area (TPSA) is 88.4 Å². The summed E-state index contributed by atoms with van der Waals surface area (Å²) in [5.41, 5.74) is 0.901. The third-order valence-corrected chi connectivity index (χ3v) is 5.88. The van der Waals surface area contributed by atoms with Crippen molar-refractivity contribution in [1.82, 2.24) is 4.72 Å². The van der Waals surface area contributed by atoms with Crippen molar-refractivity contribution in [1.29, 1.82) is 5.26 Å². The minimum atomic E-state index is -3.87. The van der Waals surface area contributed by atoms with Crippen molar-refractivity contribution in [2.24, 2.45) is 5.92 Å². The van der Waals surface area contributed by atoms with Gasteiger partial charge in [-0.05, 0) is 35.7 Å². The Morgan fingerprint density at radius 2 is 1.78 bits per heavy atom. The Balaban J connectivity index is 1.95. The van der Waals surface area contributed by atoms with E-state index in [1.807, 2.05) is 38.1 Å². The highest BCUT2D eigenvalue weighted by atomic mass is 32.2. The Hall–Kier alpha value is -2.56. The molecule has 0 fully saturated rings. The van der Waals surface area contributed by atoms with Gasteiger partial charge in [-0.3, -0.25) is 0 Å². The smallest absolute Gasteiger partial charge is 0.242 e. The molecule has 1 aliphatic rings. The van der Waals surface area contributed by atoms with Crippen LogP contribution in [0.15, 0.2) is 47.4 Å². The minimum Gasteiger partial charge on any atom is -0.490 e. The number of ether oxygens (including phenoxy) is 2. The summed E-state index contributed by atoms with van der Waals surface area (Å²) in [4.78, 5) is -0.0208. The fraction of sp³-hybridized carbons (Fsp3) is 0.350. The van der Waals surface area contributed by atoms with Crippen LogP contribution in [0, 0.1) is 17.2 Å². The lowest BCUT2D eigenvalue weighted by molar-refractivity contribution is 0.297. The molecule has 0 amide bonds. The maximum absolute atomic E-state index is 12.9. The fourth-order valence-electron chi connectivity index (χ4n) is 2.99. The van der Waals surface area contributed by atoms with Gasteiger partial charge in [0.15, 0.2) is 11.5 Å². The van der Waals surface area contributed by atoms with E-state index in [-0.39, 0.29) is 16.4 Å². The summed E-state index contributed by atoms with van der Waals surface area (Å²) in [6.45, 7) is 5.03. The van der Waals surface area contributed by atoms with Crippen LogP contribution in [0.25, 0.3) is 0 Å². The summed E-state index contributed by atoms with van der Waals surface area (Å²) in [5.74, 6) is 1.27. The number of nitriles is 1. The van der Waals surface area contributed by atoms with E-state index in [2.05, 4.69) is 4.72 Å². The van der Waals surface area contributed by atoms with E-state index in [1.54, 1.807) is 12.1 Å². The largest absolute Gasteiger partial charge is 0.490 e. The number of benzene rings is 2. The van der Waals surface area contributed by atoms with E-state index < -0.39 is 16.1 Å². The first-order valence-electron chi connectivity index (χ1n) is 8.83. The van der Waals surface area contributed by atoms with Gasteiger partial charge in [-0.25, -0.2) is 13.1 Å². The normalized spacial score (nSPS) is 15.0. The van der Waals surface area contributed by atoms with Crippen molar-refractivity contribution in [3.8, 4) is 17.6 Å². The van der Waals surface area contributed by atoms with Crippen molar-refractivity contribution >= 4 is 10.0 Å². The molecule has 27 heavy (non-hydrogen) atoms. The number of hydrogen-bond donors (Lipinski definition) is 1. The lowest BCUT2D eigenvalue weighted by Gasteiger charge is -2.24. The molecule has 1 aliphatic heterocycles. The van der Waals surface area contributed by atoms with Gasteiger partial charge in [-0.1, -0.05) is 32.0 Å². The van der Waals surface area contributed by atoms with E-state index in [0.717, 1.165) is 12.0 Å². The van der Waals surface area contributed by atoms with Gasteiger partial charge in [0, 0.05) is 12.5 Å². The van der Waals surface area contributed by atoms with Gasteiger partial charge in [0.2, 0.25) is 10.0 Å². The van der Waals surface area contributed by atoms with Gasteiger partial charge in [0.05, 0.1) is 23.7 Å². The first-order chi connectivity index (χ1) is 12.9. The number of hydrogen-bond acceptors (Lipinski definition) is 5. The zero-order valence-electron chi connectivity index (χ0n) is 15.3. The Morgan fingerprint density at radius 3 is 2.48 bits per heavy atom. The van der Waals surface area contributed by atoms with E-state index in [0.29, 0.717) is 24.7 Å². The average molecular weight is 386 g/mol. The molecule has 7 heteroatoms. The van der Waals surface area contributed by atoms with Gasteiger partial charge in [0.1, 0.15) is 6.07 Å². The van der Waals surface area contributed by atoms with Crippen molar-refractivity contribution in [3.05, 3.63) is 53.6 Å². The van der Waals surface area contributed by atoms with E-state index in [9.17, 15) is 13.7 Å². The third-order valence-electron chi connectivity index (χ3n) is 4.38. The van der Waals surface area contributed by atoms with E-state index in [4.69, 9.17) is 9.47 Å². The highest BCUT2D eigenvalue weighted by Gasteiger charge is 2.27. The molecule has 0 aromatic heterocycles. The van der Waals surface area contributed by atoms with Gasteiger partial charge in [-0.15, -0.1) is 0 Å². The summed E-state index contributed by atoms with van der Waals surface area (Å²) in [6.07, 6.45) is 0.801. The number of rotatable bonds is 5. The van der Waals surface area contributed by atoms with E-state index >= 15 is 0 Å². The summed E-state index contributed by atoms with van der Waals surface area (Å²) in [7, 11) is -3.87. The summed E-state index contributed by atoms with van der Waals surface area (Å²) < 4.78 is 40.0. The highest BCUT2D eigenvalue weighted by molar-refractivity contribution is 7.89. The number of sulfonamides is 1. The number of fused-ring (bicyclic) bond motifs is 1. The minimum absolute atomic E-state index is 0.0150. The summed E-state index contributed by atoms with van der Waals surface area (Å²) in [6, 6.07) is 13.1. The second-order valence-corrected chi connectivity index (χ2v) is 8.39. The second-order valence-electron chi connectivity index (χ2n) is 6.71. The average Bonchev–Trinajstić information content (AvgIpc) is 2.90. The van der Waals surface area contributed by atoms with Crippen molar-refractivity contribution in [2.75, 3.05) is 13.2 Å². The molecule has 1 atom stereocenters. The Kier molecular flexibility index (Phi) is 5.68. The van der Waals surface area contributed by atoms with Crippen molar-refractivity contribution in [3.63, 3.8) is 0 Å². The predicted octanol–water partition coefficient (Wildman–Crippen LogP) is 3.40. The molecule has 1 N–H and O–H groups in total. The standard InChI is InChI=1S/C20H22N2O4S/c1-14(2)20(15-8-9-17-18(12-15)26-11-5-10-25-17)22-27(23,24)19-7-4-3-6-16(19)13-21/h3-4,6-9,12,14,20,22H,5,10-11H2,1-2H3. The molecule has 142 valence electrons. The zero-order chi connectivity index (χ0) is 19.4. The van der Waals surface area contributed by atoms with Crippen molar-refractivity contribution in [2.45, 2.75) is 31.2 Å². The Bertz CT molecular complexity index is 964. The van der Waals surface area contributed by atoms with E-state index in [1.165, 1.54) is 12.1 Å². The number of nitrogens with one attached hydrogen (secondary N) is 1. The first-order valence-corrected chi connectivity index (χ1v) is 10.3. The van der Waals surface area contributed by atoms with Crippen LogP contribution in [0.1, 0.15) is 37.4 Å². The summed E-state index contributed by atoms with van der Waals surface area (Å²) >= 11 is 0. The van der Waals surface area contributed by atoms with Crippen LogP contribution in [-0.4, -0.2) is 21.6 Å². The fourth-order valence-corrected chi connectivity index (χ4v) is 4.52. The van der Waals surface area contributed by atoms with Crippen LogP contribution in [0.5, 0.6) is 11.5 Å². The van der Waals surface area contributed by atoms with Gasteiger partial charge in [-0.2, -0.15) is 5.26 Å². The van der Waals surface area contributed by atoms with Crippen LogP contribution in [0.4, 0.5) is 0 Å². The van der Waals surface area contributed by atoms with Crippen LogP contribution in [0.3, 0.4) is 0 Å². The molecule has 0 spiro atoms. The lowest BCUT2D eigenvalue weighted by atomic mass is 9.97. The molecule has 0 bridgehead atoms. The SMILES string of the molecule is CC(C)C(NS(=O)(=O)c1ccccc1C#N)c1ccc2c(c1)OCCCO2. The molecule has 2 aromatic carbocycles. The van der Waals surface area contributed by atoms with Gasteiger partial charge in [0.25, 0.3) is 0 Å². The van der Waals surface area contributed by atoms with Crippen LogP contribution < -0.4 is 14.2 Å². The maximum atomic E-state index is 12.9. The molecular formula is C20H22N2O4S. The Morgan fingerprint density at radius 1 is 1.07 bits per heavy atom. The quantitative estimate of drug-likeness (QED) is 0.851. The predicted molar refractivity (Wildman–Crippen MR) is 101 cm³/mol. The molecule has 2 aromatic rings. The lowest BCUT2D eigenvalue weighted by Crippen LogP contribution is -2.32. The van der Waals surface area contributed by atoms with Crippen LogP contribution in [0.2, 0.25) is 0 Å². The Labute approximate surface area is 159 Å². The molecule has 0 radical (unpaired) electrons. The molecule has 1 unspecified atom stereocenters. The molecule has 0 saturated heterocycles. The van der Waals surface area contributed by atoms with Crippen LogP contribution in [-0.2, 0) is 10.0 Å². The van der Waals surface area contributed by atoms with Crippen molar-refractivity contribution < 1.29 is 17.9 Å².